The molecular formula is C22H25F3N4O6. The SMILES string of the molecule is NC(=O)[C@H](C[C@@H]1CCNC1=O)NC(=O)/C(=C/C1CC1)NC(=O)COc1ccc(OC(F)(F)F)cc1. The Bertz CT molecular complexity index is 992. The van der Waals surface area contributed by atoms with Crippen LogP contribution in [0.2, 0.25) is 0 Å². The summed E-state index contributed by atoms with van der Waals surface area (Å²) in [7, 11) is 0. The average molecular weight is 498 g/mol. The Morgan fingerprint density at radius 1 is 1.14 bits per heavy atom. The highest BCUT2D eigenvalue weighted by molar-refractivity contribution is 6.00. The first kappa shape index (κ1) is 25.8. The third-order valence-electron chi connectivity index (χ3n) is 5.30. The molecule has 1 aliphatic heterocycles. The highest BCUT2D eigenvalue weighted by Crippen LogP contribution is 2.31. The van der Waals surface area contributed by atoms with Crippen LogP contribution in [0.4, 0.5) is 13.2 Å². The van der Waals surface area contributed by atoms with Crippen molar-refractivity contribution in [3.8, 4) is 11.5 Å². The number of halogens is 3. The van der Waals surface area contributed by atoms with Crippen molar-refractivity contribution in [1.29, 1.82) is 0 Å². The van der Waals surface area contributed by atoms with Crippen molar-refractivity contribution in [2.45, 2.75) is 38.1 Å². The maximum absolute atomic E-state index is 12.8. The van der Waals surface area contributed by atoms with E-state index in [2.05, 4.69) is 20.7 Å². The lowest BCUT2D eigenvalue weighted by Crippen LogP contribution is -2.48. The molecule has 4 amide bonds. The molecule has 1 heterocycles. The topological polar surface area (TPSA) is 149 Å². The third kappa shape index (κ3) is 8.50. The number of primary amides is 1. The molecule has 1 aromatic carbocycles. The summed E-state index contributed by atoms with van der Waals surface area (Å²) in [5.41, 5.74) is 5.31. The fraction of sp³-hybridized carbons (Fsp3) is 0.455. The Labute approximate surface area is 198 Å². The lowest BCUT2D eigenvalue weighted by molar-refractivity contribution is -0.274. The molecule has 1 aromatic rings. The first-order chi connectivity index (χ1) is 16.5. The van der Waals surface area contributed by atoms with Gasteiger partial charge in [-0.05, 0) is 55.9 Å². The average Bonchev–Trinajstić information content (AvgIpc) is 3.51. The van der Waals surface area contributed by atoms with Crippen molar-refractivity contribution in [3.63, 3.8) is 0 Å². The highest BCUT2D eigenvalue weighted by atomic mass is 19.4. The number of hydrogen-bond donors (Lipinski definition) is 4. The second kappa shape index (κ2) is 11.1. The molecule has 3 rings (SSSR count). The van der Waals surface area contributed by atoms with Gasteiger partial charge in [0.25, 0.3) is 11.8 Å². The van der Waals surface area contributed by atoms with Crippen LogP contribution < -0.4 is 31.2 Å². The minimum atomic E-state index is -4.83. The second-order valence-corrected chi connectivity index (χ2v) is 8.21. The number of nitrogens with one attached hydrogen (secondary N) is 3. The Balaban J connectivity index is 1.55. The molecular weight excluding hydrogens is 473 g/mol. The van der Waals surface area contributed by atoms with Crippen LogP contribution in [0.15, 0.2) is 36.0 Å². The molecule has 2 atom stereocenters. The van der Waals surface area contributed by atoms with Crippen molar-refractivity contribution in [2.24, 2.45) is 17.6 Å². The molecule has 2 aliphatic rings. The summed E-state index contributed by atoms with van der Waals surface area (Å²) in [4.78, 5) is 48.8. The number of carbonyl (C=O) groups excluding carboxylic acids is 4. The van der Waals surface area contributed by atoms with E-state index < -0.39 is 48.4 Å². The Morgan fingerprint density at radius 2 is 1.80 bits per heavy atom. The molecule has 1 saturated heterocycles. The molecule has 13 heteroatoms. The van der Waals surface area contributed by atoms with Gasteiger partial charge in [0, 0.05) is 12.5 Å². The monoisotopic (exact) mass is 498 g/mol. The number of alkyl halides is 3. The van der Waals surface area contributed by atoms with E-state index in [1.165, 1.54) is 12.1 Å². The first-order valence-electron chi connectivity index (χ1n) is 10.9. The van der Waals surface area contributed by atoms with Crippen LogP contribution in [-0.2, 0) is 19.2 Å². The quantitative estimate of drug-likeness (QED) is 0.333. The van der Waals surface area contributed by atoms with E-state index in [0.717, 1.165) is 25.0 Å². The maximum Gasteiger partial charge on any atom is 0.573 e. The lowest BCUT2D eigenvalue weighted by atomic mass is 9.98. The lowest BCUT2D eigenvalue weighted by Gasteiger charge is -2.19. The van der Waals surface area contributed by atoms with E-state index in [1.54, 1.807) is 6.08 Å². The smallest absolute Gasteiger partial charge is 0.484 e. The summed E-state index contributed by atoms with van der Waals surface area (Å²) in [6, 6.07) is 3.34. The van der Waals surface area contributed by atoms with Gasteiger partial charge in [-0.2, -0.15) is 0 Å². The van der Waals surface area contributed by atoms with E-state index >= 15 is 0 Å². The zero-order valence-corrected chi connectivity index (χ0v) is 18.5. The van der Waals surface area contributed by atoms with Crippen LogP contribution in [0.5, 0.6) is 11.5 Å². The molecule has 0 radical (unpaired) electrons. The Kier molecular flexibility index (Phi) is 8.20. The van der Waals surface area contributed by atoms with Gasteiger partial charge in [-0.3, -0.25) is 19.2 Å². The van der Waals surface area contributed by atoms with Gasteiger partial charge >= 0.3 is 6.36 Å². The van der Waals surface area contributed by atoms with Gasteiger partial charge < -0.3 is 31.2 Å². The van der Waals surface area contributed by atoms with Crippen LogP contribution in [0, 0.1) is 11.8 Å². The molecule has 35 heavy (non-hydrogen) atoms. The van der Waals surface area contributed by atoms with Gasteiger partial charge in [0.15, 0.2) is 6.61 Å². The van der Waals surface area contributed by atoms with Crippen LogP contribution in [-0.4, -0.2) is 49.2 Å². The summed E-state index contributed by atoms with van der Waals surface area (Å²) in [5.74, 6) is -3.17. The number of ether oxygens (including phenoxy) is 2. The zero-order chi connectivity index (χ0) is 25.6. The Hall–Kier alpha value is -3.77. The molecule has 5 N–H and O–H groups in total. The van der Waals surface area contributed by atoms with E-state index in [1.807, 2.05) is 0 Å². The molecule has 0 unspecified atom stereocenters. The minimum Gasteiger partial charge on any atom is -0.484 e. The minimum absolute atomic E-state index is 0.0364. The number of allylic oxidation sites excluding steroid dienone is 1. The van der Waals surface area contributed by atoms with Crippen molar-refractivity contribution in [1.82, 2.24) is 16.0 Å². The van der Waals surface area contributed by atoms with Crippen molar-refractivity contribution >= 4 is 23.6 Å². The van der Waals surface area contributed by atoms with Crippen LogP contribution in [0.25, 0.3) is 0 Å². The number of amides is 4. The van der Waals surface area contributed by atoms with Crippen molar-refractivity contribution < 1.29 is 41.8 Å². The normalized spacial score (nSPS) is 18.9. The largest absolute Gasteiger partial charge is 0.573 e. The van der Waals surface area contributed by atoms with E-state index in [4.69, 9.17) is 10.5 Å². The first-order valence-corrected chi connectivity index (χ1v) is 10.9. The summed E-state index contributed by atoms with van der Waals surface area (Å²) < 4.78 is 45.7. The molecule has 190 valence electrons. The summed E-state index contributed by atoms with van der Waals surface area (Å²) in [6.07, 6.45) is -1.05. The van der Waals surface area contributed by atoms with Crippen LogP contribution in [0.3, 0.4) is 0 Å². The number of nitrogens with two attached hydrogens (primary N) is 1. The summed E-state index contributed by atoms with van der Waals surface area (Å²) >= 11 is 0. The van der Waals surface area contributed by atoms with E-state index in [9.17, 15) is 32.3 Å². The van der Waals surface area contributed by atoms with Gasteiger partial charge in [-0.1, -0.05) is 6.08 Å². The van der Waals surface area contributed by atoms with Crippen molar-refractivity contribution in [2.75, 3.05) is 13.2 Å². The third-order valence-corrected chi connectivity index (χ3v) is 5.30. The van der Waals surface area contributed by atoms with Gasteiger partial charge in [-0.25, -0.2) is 0 Å². The molecule has 2 fully saturated rings. The number of rotatable bonds is 11. The van der Waals surface area contributed by atoms with Gasteiger partial charge in [0.1, 0.15) is 23.2 Å². The molecule has 10 nitrogen and oxygen atoms in total. The standard InChI is InChI=1S/C22H25F3N4O6/c23-22(24,25)35-15-5-3-14(4-6-15)34-11-18(30)28-17(9-12-1-2-12)21(33)29-16(19(26)31)10-13-7-8-27-20(13)32/h3-6,9,12-13,16H,1-2,7-8,10-11H2,(H2,26,31)(H,27,32)(H,28,30)(H,29,33)/b17-9-/t13-,16-/m0/s1. The number of carbonyl (C=O) groups is 4. The molecule has 1 saturated carbocycles. The van der Waals surface area contributed by atoms with Crippen molar-refractivity contribution in [3.05, 3.63) is 36.0 Å². The van der Waals surface area contributed by atoms with Gasteiger partial charge in [0.2, 0.25) is 11.8 Å². The van der Waals surface area contributed by atoms with E-state index in [0.29, 0.717) is 13.0 Å². The summed E-state index contributed by atoms with van der Waals surface area (Å²) in [5, 5.41) is 7.55. The van der Waals surface area contributed by atoms with Gasteiger partial charge in [-0.15, -0.1) is 13.2 Å². The second-order valence-electron chi connectivity index (χ2n) is 8.21. The summed E-state index contributed by atoms with van der Waals surface area (Å²) in [6.45, 7) is -0.0554. The molecule has 0 aromatic heterocycles. The number of hydrogen-bond acceptors (Lipinski definition) is 6. The fourth-order valence-electron chi connectivity index (χ4n) is 3.38. The predicted molar refractivity (Wildman–Crippen MR) is 114 cm³/mol. The fourth-order valence-corrected chi connectivity index (χ4v) is 3.38. The van der Waals surface area contributed by atoms with Crippen LogP contribution in [0.1, 0.15) is 25.7 Å². The molecule has 0 bridgehead atoms. The number of benzene rings is 1. The Morgan fingerprint density at radius 3 is 2.34 bits per heavy atom. The van der Waals surface area contributed by atoms with Gasteiger partial charge in [0.05, 0.1) is 0 Å². The zero-order valence-electron chi connectivity index (χ0n) is 18.5. The van der Waals surface area contributed by atoms with E-state index in [-0.39, 0.29) is 29.7 Å². The molecule has 0 spiro atoms. The molecule has 1 aliphatic carbocycles. The highest BCUT2D eigenvalue weighted by Gasteiger charge is 2.32. The maximum atomic E-state index is 12.8. The predicted octanol–water partition coefficient (Wildman–Crippen LogP) is 0.870. The van der Waals surface area contributed by atoms with Crippen LogP contribution >= 0.6 is 0 Å².